The lowest BCUT2D eigenvalue weighted by atomic mass is 10.1. The first kappa shape index (κ1) is 11.5. The van der Waals surface area contributed by atoms with E-state index >= 15 is 0 Å². The van der Waals surface area contributed by atoms with Crippen molar-refractivity contribution in [2.75, 3.05) is 6.54 Å². The van der Waals surface area contributed by atoms with E-state index in [1.807, 2.05) is 30.5 Å². The van der Waals surface area contributed by atoms with Crippen molar-refractivity contribution < 1.29 is 4.79 Å². The molecule has 19 heavy (non-hydrogen) atoms. The van der Waals surface area contributed by atoms with Gasteiger partial charge in [-0.2, -0.15) is 5.10 Å². The molecule has 2 aromatic heterocycles. The second-order valence-electron chi connectivity index (χ2n) is 4.22. The molecule has 6 heteroatoms. The Bertz CT molecular complexity index is 686. The predicted molar refractivity (Wildman–Crippen MR) is 70.7 cm³/mol. The van der Waals surface area contributed by atoms with Gasteiger partial charge in [-0.15, -0.1) is 0 Å². The van der Waals surface area contributed by atoms with Crippen LogP contribution in [0.5, 0.6) is 0 Å². The smallest absolute Gasteiger partial charge is 0.251 e. The van der Waals surface area contributed by atoms with E-state index in [1.54, 1.807) is 0 Å². The summed E-state index contributed by atoms with van der Waals surface area (Å²) in [4.78, 5) is 19.1. The fraction of sp³-hybridized carbons (Fsp3) is 0.154. The monoisotopic (exact) mass is 255 g/mol. The lowest BCUT2D eigenvalue weighted by Gasteiger charge is -2.04. The van der Waals surface area contributed by atoms with Crippen LogP contribution in [0.3, 0.4) is 0 Å². The number of H-pyrrole nitrogens is 2. The van der Waals surface area contributed by atoms with Crippen molar-refractivity contribution in [3.8, 4) is 0 Å². The van der Waals surface area contributed by atoms with E-state index in [4.69, 9.17) is 0 Å². The molecule has 0 unspecified atom stereocenters. The van der Waals surface area contributed by atoms with Crippen molar-refractivity contribution >= 4 is 16.8 Å². The zero-order chi connectivity index (χ0) is 13.1. The van der Waals surface area contributed by atoms with Gasteiger partial charge in [0.15, 0.2) is 0 Å². The van der Waals surface area contributed by atoms with Crippen LogP contribution in [-0.4, -0.2) is 32.6 Å². The fourth-order valence-corrected chi connectivity index (χ4v) is 1.94. The molecule has 0 fully saturated rings. The molecule has 3 N–H and O–H groups in total. The molecule has 0 radical (unpaired) electrons. The van der Waals surface area contributed by atoms with Crippen LogP contribution in [0.1, 0.15) is 16.2 Å². The van der Waals surface area contributed by atoms with E-state index < -0.39 is 0 Å². The number of benzene rings is 1. The standard InChI is InChI=1S/C13H13N5O/c19-13(15-6-4-12-16-8-17-18-12)10-2-1-9-3-5-14-11(9)7-10/h1-3,5,7-8,14H,4,6H2,(H,15,19)(H,16,17,18). The van der Waals surface area contributed by atoms with Gasteiger partial charge in [-0.1, -0.05) is 6.07 Å². The summed E-state index contributed by atoms with van der Waals surface area (Å²) in [6.07, 6.45) is 3.95. The maximum Gasteiger partial charge on any atom is 0.251 e. The third-order valence-corrected chi connectivity index (χ3v) is 2.93. The molecule has 3 aromatic rings. The summed E-state index contributed by atoms with van der Waals surface area (Å²) in [6.45, 7) is 0.525. The summed E-state index contributed by atoms with van der Waals surface area (Å²) in [5, 5.41) is 10.5. The van der Waals surface area contributed by atoms with E-state index in [0.717, 1.165) is 16.7 Å². The zero-order valence-corrected chi connectivity index (χ0v) is 10.2. The molecule has 2 heterocycles. The van der Waals surface area contributed by atoms with Crippen molar-refractivity contribution in [3.63, 3.8) is 0 Å². The third-order valence-electron chi connectivity index (χ3n) is 2.93. The second-order valence-corrected chi connectivity index (χ2v) is 4.22. The summed E-state index contributed by atoms with van der Waals surface area (Å²) >= 11 is 0. The number of aromatic nitrogens is 4. The number of carbonyl (C=O) groups excluding carboxylic acids is 1. The number of hydrogen-bond acceptors (Lipinski definition) is 3. The van der Waals surface area contributed by atoms with Gasteiger partial charge in [-0.05, 0) is 23.6 Å². The van der Waals surface area contributed by atoms with E-state index in [1.165, 1.54) is 6.33 Å². The molecule has 0 saturated carbocycles. The third kappa shape index (κ3) is 2.47. The SMILES string of the molecule is O=C(NCCc1ncn[nH]1)c1ccc2cc[nH]c2c1. The minimum Gasteiger partial charge on any atom is -0.361 e. The number of hydrogen-bond donors (Lipinski definition) is 3. The van der Waals surface area contributed by atoms with Crippen molar-refractivity contribution in [3.05, 3.63) is 48.2 Å². The molecule has 1 amide bonds. The highest BCUT2D eigenvalue weighted by Crippen LogP contribution is 2.13. The Hall–Kier alpha value is -2.63. The van der Waals surface area contributed by atoms with Crippen LogP contribution < -0.4 is 5.32 Å². The lowest BCUT2D eigenvalue weighted by molar-refractivity contribution is 0.0954. The molecule has 0 atom stereocenters. The maximum absolute atomic E-state index is 12.0. The quantitative estimate of drug-likeness (QED) is 0.656. The number of nitrogens with one attached hydrogen (secondary N) is 3. The Balaban J connectivity index is 1.63. The normalized spacial score (nSPS) is 10.7. The van der Waals surface area contributed by atoms with Crippen molar-refractivity contribution in [1.29, 1.82) is 0 Å². The van der Waals surface area contributed by atoms with Gasteiger partial charge in [-0.25, -0.2) is 4.98 Å². The van der Waals surface area contributed by atoms with Crippen molar-refractivity contribution in [2.45, 2.75) is 6.42 Å². The highest BCUT2D eigenvalue weighted by molar-refractivity contribution is 5.97. The van der Waals surface area contributed by atoms with E-state index in [9.17, 15) is 4.79 Å². The highest BCUT2D eigenvalue weighted by Gasteiger charge is 2.06. The zero-order valence-electron chi connectivity index (χ0n) is 10.2. The van der Waals surface area contributed by atoms with Gasteiger partial charge in [-0.3, -0.25) is 9.89 Å². The summed E-state index contributed by atoms with van der Waals surface area (Å²) in [5.41, 5.74) is 1.61. The molecule has 3 rings (SSSR count). The van der Waals surface area contributed by atoms with Crippen LogP contribution in [0.2, 0.25) is 0 Å². The van der Waals surface area contributed by atoms with Gasteiger partial charge in [0.25, 0.3) is 5.91 Å². The first-order valence-electron chi connectivity index (χ1n) is 6.02. The number of rotatable bonds is 4. The van der Waals surface area contributed by atoms with Gasteiger partial charge in [0.2, 0.25) is 0 Å². The maximum atomic E-state index is 12.0. The van der Waals surface area contributed by atoms with Gasteiger partial charge < -0.3 is 10.3 Å². The number of nitrogens with zero attached hydrogens (tertiary/aromatic N) is 2. The summed E-state index contributed by atoms with van der Waals surface area (Å²) in [7, 11) is 0. The molecular weight excluding hydrogens is 242 g/mol. The highest BCUT2D eigenvalue weighted by atomic mass is 16.1. The molecule has 0 saturated heterocycles. The first-order valence-corrected chi connectivity index (χ1v) is 6.02. The van der Waals surface area contributed by atoms with Crippen LogP contribution in [0, 0.1) is 0 Å². The van der Waals surface area contributed by atoms with Crippen LogP contribution in [-0.2, 0) is 6.42 Å². The molecule has 1 aromatic carbocycles. The van der Waals surface area contributed by atoms with Gasteiger partial charge >= 0.3 is 0 Å². The van der Waals surface area contributed by atoms with Crippen LogP contribution in [0.25, 0.3) is 10.9 Å². The van der Waals surface area contributed by atoms with Crippen molar-refractivity contribution in [1.82, 2.24) is 25.5 Å². The van der Waals surface area contributed by atoms with Gasteiger partial charge in [0.05, 0.1) is 0 Å². The molecule has 0 bridgehead atoms. The summed E-state index contributed by atoms with van der Waals surface area (Å²) < 4.78 is 0. The van der Waals surface area contributed by atoms with Gasteiger partial charge in [0, 0.05) is 30.2 Å². The molecular formula is C13H13N5O. The van der Waals surface area contributed by atoms with Crippen LogP contribution >= 0.6 is 0 Å². The van der Waals surface area contributed by atoms with E-state index in [0.29, 0.717) is 18.5 Å². The largest absolute Gasteiger partial charge is 0.361 e. The average molecular weight is 255 g/mol. The molecule has 96 valence electrons. The molecule has 0 aliphatic rings. The fourth-order valence-electron chi connectivity index (χ4n) is 1.94. The van der Waals surface area contributed by atoms with Gasteiger partial charge in [0.1, 0.15) is 12.2 Å². The Morgan fingerprint density at radius 3 is 3.11 bits per heavy atom. The van der Waals surface area contributed by atoms with Crippen LogP contribution in [0.4, 0.5) is 0 Å². The average Bonchev–Trinajstić information content (AvgIpc) is 3.08. The van der Waals surface area contributed by atoms with E-state index in [2.05, 4.69) is 25.5 Å². The lowest BCUT2D eigenvalue weighted by Crippen LogP contribution is -2.25. The molecule has 0 aliphatic heterocycles. The number of fused-ring (bicyclic) bond motifs is 1. The molecule has 0 spiro atoms. The molecule has 6 nitrogen and oxygen atoms in total. The Morgan fingerprint density at radius 2 is 2.26 bits per heavy atom. The summed E-state index contributed by atoms with van der Waals surface area (Å²) in [5.74, 6) is 0.677. The minimum atomic E-state index is -0.0870. The topological polar surface area (TPSA) is 86.5 Å². The number of aromatic amines is 2. The number of amides is 1. The Kier molecular flexibility index (Phi) is 2.97. The minimum absolute atomic E-state index is 0.0870. The Labute approximate surface area is 109 Å². The van der Waals surface area contributed by atoms with Crippen LogP contribution in [0.15, 0.2) is 36.8 Å². The summed E-state index contributed by atoms with van der Waals surface area (Å²) in [6, 6.07) is 7.57. The van der Waals surface area contributed by atoms with E-state index in [-0.39, 0.29) is 5.91 Å². The van der Waals surface area contributed by atoms with Crippen molar-refractivity contribution in [2.24, 2.45) is 0 Å². The predicted octanol–water partition coefficient (Wildman–Crippen LogP) is 1.26. The number of carbonyl (C=O) groups is 1. The second kappa shape index (κ2) is 4.93. The molecule has 0 aliphatic carbocycles. The Morgan fingerprint density at radius 1 is 1.32 bits per heavy atom. The first-order chi connectivity index (χ1) is 9.33.